The Morgan fingerprint density at radius 3 is 0.533 bits per heavy atom. The molecule has 12 nitrogen and oxygen atoms in total. The van der Waals surface area contributed by atoms with Gasteiger partial charge in [-0.05, 0) is 6.16 Å². The van der Waals surface area contributed by atoms with Gasteiger partial charge in [-0.2, -0.15) is 0 Å². The minimum atomic E-state index is -2.33. The van der Waals surface area contributed by atoms with E-state index in [1.807, 2.05) is 0 Å². The van der Waals surface area contributed by atoms with Crippen molar-refractivity contribution in [1.82, 2.24) is 0 Å². The molecule has 0 bridgehead atoms. The molecule has 0 aromatic rings. The van der Waals surface area contributed by atoms with Gasteiger partial charge in [0.25, 0.3) is 0 Å². The number of hydrogen-bond acceptors (Lipinski definition) is 3. The molecule has 0 aliphatic rings. The third-order valence-electron chi connectivity index (χ3n) is 0. The monoisotopic (exact) mass is 300 g/mol. The second-order valence-corrected chi connectivity index (χ2v) is 0.250. The van der Waals surface area contributed by atoms with Crippen molar-refractivity contribution < 1.29 is 167 Å². The van der Waals surface area contributed by atoms with Gasteiger partial charge in [-0.1, -0.05) is 0 Å². The summed E-state index contributed by atoms with van der Waals surface area (Å²) in [5.74, 6) is 0. The summed E-state index contributed by atoms with van der Waals surface area (Å²) in [6.45, 7) is 0. The topological polar surface area (TPSA) is 347 Å². The zero-order valence-corrected chi connectivity index (χ0v) is 14.5. The number of carboxylic acid groups (broad SMARTS) is 2. The van der Waals surface area contributed by atoms with Crippen molar-refractivity contribution in [3.8, 4) is 0 Å². The molecule has 0 rings (SSSR count). The van der Waals surface area contributed by atoms with E-state index in [-0.39, 0.29) is 152 Å². The largest absolute Gasteiger partial charge is 1.00 e. The summed E-state index contributed by atoms with van der Waals surface area (Å²) in [6.07, 6.45) is -2.33. The van der Waals surface area contributed by atoms with Gasteiger partial charge in [0, 0.05) is 0 Å². The van der Waals surface area contributed by atoms with Crippen LogP contribution in [0.4, 0.5) is 4.79 Å². The van der Waals surface area contributed by atoms with Crippen LogP contribution in [0.15, 0.2) is 0 Å². The fraction of sp³-hybridized carbons (Fsp3) is 0. The average Bonchev–Trinajstić information content (AvgIpc) is 0.811. The zero-order valence-electron chi connectivity index (χ0n) is 8.22. The van der Waals surface area contributed by atoms with Crippen LogP contribution in [-0.2, 0) is 0 Å². The number of rotatable bonds is 0. The van der Waals surface area contributed by atoms with E-state index in [4.69, 9.17) is 15.0 Å². The van der Waals surface area contributed by atoms with E-state index in [0.29, 0.717) is 0 Å². The van der Waals surface area contributed by atoms with Crippen molar-refractivity contribution in [2.45, 2.75) is 0 Å². The summed E-state index contributed by atoms with van der Waals surface area (Å²) in [4.78, 5) is 8.33. The molecular weight excluding hydrogens is 282 g/mol. The Labute approximate surface area is 170 Å². The van der Waals surface area contributed by atoms with Gasteiger partial charge in [0.15, 0.2) is 0 Å². The van der Waals surface area contributed by atoms with Crippen LogP contribution in [-0.4, -0.2) is 55.4 Å². The molecule has 0 aliphatic carbocycles. The van der Waals surface area contributed by atoms with Gasteiger partial charge in [-0.15, -0.1) is 0 Å². The quantitative estimate of drug-likeness (QED) is 0.393. The summed E-state index contributed by atoms with van der Waals surface area (Å²) in [5, 5.41) is 16.7. The standard InChI is InChI=1S/CH2O3.2K.9H2O/c2-1(3)4;;;;;;;;;;;/h(H2,2,3,4);;;9*1H2/q;2*+1;;;;;;;;;/p-2. The van der Waals surface area contributed by atoms with Gasteiger partial charge in [-0.3, -0.25) is 0 Å². The van der Waals surface area contributed by atoms with Crippen molar-refractivity contribution >= 4 is 6.16 Å². The molecule has 0 spiro atoms. The van der Waals surface area contributed by atoms with Crippen LogP contribution >= 0.6 is 0 Å². The maximum Gasteiger partial charge on any atom is 1.00 e. The Bertz CT molecular complexity index is 36.6. The van der Waals surface area contributed by atoms with Crippen LogP contribution < -0.4 is 113 Å². The Hall–Kier alpha value is 2.18. The van der Waals surface area contributed by atoms with Crippen LogP contribution in [0, 0.1) is 0 Å². The minimum Gasteiger partial charge on any atom is -0.652 e. The predicted octanol–water partition coefficient (Wildman–Crippen LogP) is -15.9. The number of carbonyl (C=O) groups is 1. The first-order chi connectivity index (χ1) is 1.73. The Kier molecular flexibility index (Phi) is 1550. The van der Waals surface area contributed by atoms with E-state index in [2.05, 4.69) is 0 Å². The summed E-state index contributed by atoms with van der Waals surface area (Å²) < 4.78 is 0. The van der Waals surface area contributed by atoms with E-state index in [0.717, 1.165) is 0 Å². The first kappa shape index (κ1) is 168. The van der Waals surface area contributed by atoms with Gasteiger partial charge in [0.1, 0.15) is 0 Å². The molecule has 18 N–H and O–H groups in total. The third kappa shape index (κ3) is 683. The van der Waals surface area contributed by atoms with Crippen molar-refractivity contribution in [1.29, 1.82) is 0 Å². The summed E-state index contributed by atoms with van der Waals surface area (Å²) in [6, 6.07) is 0. The first-order valence-electron chi connectivity index (χ1n) is 0.612. The maximum atomic E-state index is 8.33. The summed E-state index contributed by atoms with van der Waals surface area (Å²) in [5.41, 5.74) is 0. The fourth-order valence-electron chi connectivity index (χ4n) is 0. The Balaban J connectivity index is -0.000000000818. The van der Waals surface area contributed by atoms with E-state index >= 15 is 0 Å². The second-order valence-electron chi connectivity index (χ2n) is 0.250. The average molecular weight is 300 g/mol. The molecule has 0 aromatic heterocycles. The zero-order chi connectivity index (χ0) is 3.58. The van der Waals surface area contributed by atoms with Crippen LogP contribution in [0.2, 0.25) is 0 Å². The van der Waals surface area contributed by atoms with Gasteiger partial charge in [0.2, 0.25) is 0 Å². The molecule has 0 saturated heterocycles. The molecule has 96 valence electrons. The normalized spacial score (nSPS) is 1.60. The molecule has 0 fully saturated rings. The molecule has 15 heavy (non-hydrogen) atoms. The van der Waals surface area contributed by atoms with E-state index < -0.39 is 6.16 Å². The fourth-order valence-corrected chi connectivity index (χ4v) is 0. The van der Waals surface area contributed by atoms with Crippen molar-refractivity contribution in [2.75, 3.05) is 0 Å². The second kappa shape index (κ2) is 139. The van der Waals surface area contributed by atoms with Crippen molar-refractivity contribution in [3.63, 3.8) is 0 Å². The Morgan fingerprint density at radius 2 is 0.533 bits per heavy atom. The van der Waals surface area contributed by atoms with E-state index in [9.17, 15) is 0 Å². The SMILES string of the molecule is O.O.O.O.O.O.O.O.O.O=C([O-])[O-].[K+].[K+]. The summed E-state index contributed by atoms with van der Waals surface area (Å²) >= 11 is 0. The Morgan fingerprint density at radius 1 is 0.533 bits per heavy atom. The molecule has 0 saturated carbocycles. The third-order valence-corrected chi connectivity index (χ3v) is 0. The molecule has 0 radical (unpaired) electrons. The first-order valence-corrected chi connectivity index (χ1v) is 0.612. The van der Waals surface area contributed by atoms with Gasteiger partial charge < -0.3 is 64.3 Å². The van der Waals surface area contributed by atoms with Gasteiger partial charge in [-0.25, -0.2) is 0 Å². The molecule has 0 heterocycles. The van der Waals surface area contributed by atoms with Crippen molar-refractivity contribution in [2.24, 2.45) is 0 Å². The van der Waals surface area contributed by atoms with Crippen LogP contribution in [0.3, 0.4) is 0 Å². The molecule has 0 aromatic carbocycles. The van der Waals surface area contributed by atoms with Crippen molar-refractivity contribution in [3.05, 3.63) is 0 Å². The maximum absolute atomic E-state index is 8.33. The molecule has 0 unspecified atom stereocenters. The summed E-state index contributed by atoms with van der Waals surface area (Å²) in [7, 11) is 0. The molecular formula is CH18K2O12. The number of hydrogen-bond donors (Lipinski definition) is 0. The molecule has 0 aliphatic heterocycles. The predicted molar refractivity (Wildman–Crippen MR) is 37.9 cm³/mol. The van der Waals surface area contributed by atoms with Gasteiger partial charge in [0.05, 0.1) is 0 Å². The molecule has 14 heteroatoms. The number of carbonyl (C=O) groups excluding carboxylic acids is 1. The van der Waals surface area contributed by atoms with Crippen LogP contribution in [0.25, 0.3) is 0 Å². The minimum absolute atomic E-state index is 0. The van der Waals surface area contributed by atoms with Crippen LogP contribution in [0.5, 0.6) is 0 Å². The van der Waals surface area contributed by atoms with E-state index in [1.54, 1.807) is 0 Å². The van der Waals surface area contributed by atoms with E-state index in [1.165, 1.54) is 0 Å². The molecule has 0 atom stereocenters. The van der Waals surface area contributed by atoms with Crippen LogP contribution in [0.1, 0.15) is 0 Å². The van der Waals surface area contributed by atoms with Gasteiger partial charge >= 0.3 is 103 Å². The molecule has 0 amide bonds. The smallest absolute Gasteiger partial charge is 0.652 e.